The number of allylic oxidation sites excluding steroid dienone is 1. The van der Waals surface area contributed by atoms with Crippen molar-refractivity contribution in [2.24, 2.45) is 4.99 Å². The monoisotopic (exact) mass is 642 g/mol. The predicted molar refractivity (Wildman–Crippen MR) is 178 cm³/mol. The van der Waals surface area contributed by atoms with Gasteiger partial charge in [0.25, 0.3) is 5.56 Å². The minimum atomic E-state index is -0.778. The molecular weight excluding hydrogens is 604 g/mol. The molecule has 0 unspecified atom stereocenters. The third-order valence-electron chi connectivity index (χ3n) is 7.20. The van der Waals surface area contributed by atoms with Crippen LogP contribution in [0.25, 0.3) is 6.08 Å². The van der Waals surface area contributed by atoms with E-state index in [1.807, 2.05) is 81.4 Å². The molecule has 0 bridgehead atoms. The van der Waals surface area contributed by atoms with Gasteiger partial charge in [-0.05, 0) is 81.7 Å². The highest BCUT2D eigenvalue weighted by molar-refractivity contribution is 7.07. The molecule has 0 radical (unpaired) electrons. The van der Waals surface area contributed by atoms with Gasteiger partial charge in [-0.15, -0.1) is 0 Å². The van der Waals surface area contributed by atoms with Crippen LogP contribution in [-0.2, 0) is 16.1 Å². The Balaban J connectivity index is 1.59. The largest absolute Gasteiger partial charge is 0.490 e. The quantitative estimate of drug-likeness (QED) is 0.176. The molecule has 46 heavy (non-hydrogen) atoms. The van der Waals surface area contributed by atoms with Crippen LogP contribution in [0.4, 0.5) is 0 Å². The fourth-order valence-corrected chi connectivity index (χ4v) is 6.28. The Morgan fingerprint density at radius 3 is 2.17 bits per heavy atom. The third-order valence-corrected chi connectivity index (χ3v) is 8.19. The van der Waals surface area contributed by atoms with Crippen LogP contribution in [0.1, 0.15) is 57.4 Å². The van der Waals surface area contributed by atoms with Crippen LogP contribution in [-0.4, -0.2) is 37.0 Å². The summed E-state index contributed by atoms with van der Waals surface area (Å²) in [6, 6.07) is 20.2. The van der Waals surface area contributed by atoms with Crippen LogP contribution >= 0.6 is 11.3 Å². The van der Waals surface area contributed by atoms with Crippen LogP contribution < -0.4 is 33.8 Å². The predicted octanol–water partition coefficient (Wildman–Crippen LogP) is 5.57. The van der Waals surface area contributed by atoms with Crippen molar-refractivity contribution < 1.29 is 28.5 Å². The molecule has 0 fully saturated rings. The van der Waals surface area contributed by atoms with E-state index in [0.29, 0.717) is 75.6 Å². The summed E-state index contributed by atoms with van der Waals surface area (Å²) in [5.74, 6) is 1.78. The maximum Gasteiger partial charge on any atom is 0.338 e. The molecule has 3 aromatic carbocycles. The maximum absolute atomic E-state index is 14.1. The molecule has 10 heteroatoms. The first-order valence-electron chi connectivity index (χ1n) is 15.4. The first kappa shape index (κ1) is 32.6. The van der Waals surface area contributed by atoms with Crippen molar-refractivity contribution >= 4 is 23.4 Å². The van der Waals surface area contributed by atoms with Gasteiger partial charge in [0.05, 0.1) is 48.3 Å². The van der Waals surface area contributed by atoms with Crippen LogP contribution in [0.15, 0.2) is 87.8 Å². The molecule has 5 rings (SSSR count). The number of thiazole rings is 1. The number of fused-ring (bicyclic) bond motifs is 1. The van der Waals surface area contributed by atoms with Crippen LogP contribution in [0, 0.1) is 0 Å². The van der Waals surface area contributed by atoms with Gasteiger partial charge in [-0.2, -0.15) is 0 Å². The number of carbonyl (C=O) groups is 1. The van der Waals surface area contributed by atoms with E-state index >= 15 is 0 Å². The molecule has 9 nitrogen and oxygen atoms in total. The lowest BCUT2D eigenvalue weighted by Gasteiger charge is -2.25. The zero-order valence-corrected chi connectivity index (χ0v) is 27.5. The van der Waals surface area contributed by atoms with Gasteiger partial charge in [0.1, 0.15) is 6.61 Å². The number of hydrogen-bond acceptors (Lipinski definition) is 9. The SMILES string of the molecule is CCOC(=O)C1=C(C)N=c2s/c(=C\c3ccc(OCc4ccccc4)c(OCC)c3)c(=O)n2[C@@H]1c1ccc(OCC)c(OCC)c1. The molecule has 2 heterocycles. The highest BCUT2D eigenvalue weighted by Crippen LogP contribution is 2.36. The number of aromatic nitrogens is 1. The summed E-state index contributed by atoms with van der Waals surface area (Å²) in [4.78, 5) is 32.6. The number of ether oxygens (including phenoxy) is 5. The van der Waals surface area contributed by atoms with Gasteiger partial charge in [0.15, 0.2) is 27.8 Å². The first-order valence-corrected chi connectivity index (χ1v) is 16.2. The summed E-state index contributed by atoms with van der Waals surface area (Å²) in [7, 11) is 0. The number of nitrogens with zero attached hydrogens (tertiary/aromatic N) is 2. The second kappa shape index (κ2) is 15.0. The average molecular weight is 643 g/mol. The lowest BCUT2D eigenvalue weighted by atomic mass is 9.95. The summed E-state index contributed by atoms with van der Waals surface area (Å²) in [5.41, 5.74) is 2.99. The zero-order chi connectivity index (χ0) is 32.6. The molecule has 240 valence electrons. The Hall–Kier alpha value is -4.83. The van der Waals surface area contributed by atoms with Crippen LogP contribution in [0.3, 0.4) is 0 Å². The van der Waals surface area contributed by atoms with Gasteiger partial charge < -0.3 is 23.7 Å². The molecule has 0 N–H and O–H groups in total. The smallest absolute Gasteiger partial charge is 0.338 e. The van der Waals surface area contributed by atoms with E-state index in [2.05, 4.69) is 4.99 Å². The Labute approximate surface area is 272 Å². The maximum atomic E-state index is 14.1. The number of benzene rings is 3. The topological polar surface area (TPSA) is 97.6 Å². The molecule has 0 saturated carbocycles. The molecule has 0 spiro atoms. The first-order chi connectivity index (χ1) is 22.4. The lowest BCUT2D eigenvalue weighted by molar-refractivity contribution is -0.139. The van der Waals surface area contributed by atoms with Gasteiger partial charge >= 0.3 is 5.97 Å². The molecule has 1 atom stereocenters. The molecular formula is C36H38N2O7S. The summed E-state index contributed by atoms with van der Waals surface area (Å²) >= 11 is 1.26. The van der Waals surface area contributed by atoms with E-state index in [0.717, 1.165) is 11.1 Å². The molecule has 1 aliphatic heterocycles. The van der Waals surface area contributed by atoms with E-state index in [9.17, 15) is 9.59 Å². The van der Waals surface area contributed by atoms with E-state index < -0.39 is 12.0 Å². The summed E-state index contributed by atoms with van der Waals surface area (Å²) in [6.07, 6.45) is 1.80. The number of carbonyl (C=O) groups excluding carboxylic acids is 1. The number of esters is 1. The standard InChI is InChI=1S/C36H38N2O7S/c1-6-41-27-18-16-26(21-30(27)43-8-3)33-32(35(40)44-9-4)23(5)37-36-38(33)34(39)31(46-36)20-25-15-17-28(29(19-25)42-7-2)45-22-24-13-11-10-12-14-24/h10-21,33H,6-9,22H2,1-5H3/b31-20-/t33-/m1/s1. The number of rotatable bonds is 13. The number of hydrogen-bond donors (Lipinski definition) is 0. The molecule has 4 aromatic rings. The van der Waals surface area contributed by atoms with Crippen molar-refractivity contribution in [1.82, 2.24) is 4.57 Å². The molecule has 0 aliphatic carbocycles. The zero-order valence-electron chi connectivity index (χ0n) is 26.7. The molecule has 1 aromatic heterocycles. The second-order valence-electron chi connectivity index (χ2n) is 10.3. The minimum Gasteiger partial charge on any atom is -0.490 e. The van der Waals surface area contributed by atoms with Crippen molar-refractivity contribution in [3.63, 3.8) is 0 Å². The van der Waals surface area contributed by atoms with Gasteiger partial charge in [0.2, 0.25) is 0 Å². The fraction of sp³-hybridized carbons (Fsp3) is 0.306. The summed E-state index contributed by atoms with van der Waals surface area (Å²) in [6.45, 7) is 11.1. The second-order valence-corrected chi connectivity index (χ2v) is 11.3. The van der Waals surface area contributed by atoms with Crippen molar-refractivity contribution in [2.45, 2.75) is 47.3 Å². The Morgan fingerprint density at radius 1 is 0.826 bits per heavy atom. The Morgan fingerprint density at radius 2 is 1.48 bits per heavy atom. The minimum absolute atomic E-state index is 0.188. The molecule has 1 aliphatic rings. The van der Waals surface area contributed by atoms with Crippen LogP contribution in [0.5, 0.6) is 23.0 Å². The van der Waals surface area contributed by atoms with E-state index in [1.165, 1.54) is 11.3 Å². The van der Waals surface area contributed by atoms with Gasteiger partial charge in [0, 0.05) is 0 Å². The normalized spacial score (nSPS) is 14.4. The Kier molecular flexibility index (Phi) is 10.6. The van der Waals surface area contributed by atoms with Gasteiger partial charge in [-0.1, -0.05) is 53.8 Å². The average Bonchev–Trinajstić information content (AvgIpc) is 3.35. The van der Waals surface area contributed by atoms with E-state index in [4.69, 9.17) is 23.7 Å². The fourth-order valence-electron chi connectivity index (χ4n) is 5.23. The Bertz CT molecular complexity index is 1910. The van der Waals surface area contributed by atoms with Gasteiger partial charge in [-0.3, -0.25) is 9.36 Å². The lowest BCUT2D eigenvalue weighted by Crippen LogP contribution is -2.40. The van der Waals surface area contributed by atoms with Crippen LogP contribution in [0.2, 0.25) is 0 Å². The van der Waals surface area contributed by atoms with Crippen molar-refractivity contribution in [3.05, 3.63) is 114 Å². The van der Waals surface area contributed by atoms with Gasteiger partial charge in [-0.25, -0.2) is 9.79 Å². The highest BCUT2D eigenvalue weighted by atomic mass is 32.1. The van der Waals surface area contributed by atoms with E-state index in [-0.39, 0.29) is 12.2 Å². The third kappa shape index (κ3) is 7.02. The molecule has 0 saturated heterocycles. The highest BCUT2D eigenvalue weighted by Gasteiger charge is 2.34. The van der Waals surface area contributed by atoms with Crippen molar-refractivity contribution in [2.75, 3.05) is 26.4 Å². The molecule has 0 amide bonds. The van der Waals surface area contributed by atoms with Crippen molar-refractivity contribution in [3.8, 4) is 23.0 Å². The van der Waals surface area contributed by atoms with E-state index in [1.54, 1.807) is 30.6 Å². The summed E-state index contributed by atoms with van der Waals surface area (Å²) < 4.78 is 31.1. The summed E-state index contributed by atoms with van der Waals surface area (Å²) in [5, 5.41) is 0. The van der Waals surface area contributed by atoms with Crippen molar-refractivity contribution in [1.29, 1.82) is 0 Å².